The Hall–Kier alpha value is -2.10. The molecule has 4 heteroatoms. The maximum atomic E-state index is 11.7. The van der Waals surface area contributed by atoms with Crippen LogP contribution in [-0.4, -0.2) is 17.9 Å². The first kappa shape index (κ1) is 16.0. The standard InChI is InChI=1S/C16H22N2O2/c1-4-14(5-2)18-16(20)11-8-13-6-9-15(10-7-13)17-12(3)19/h6-11,14H,4-5H2,1-3H3,(H,17,19)(H,18,20)/b11-8+. The first-order valence-corrected chi connectivity index (χ1v) is 6.91. The summed E-state index contributed by atoms with van der Waals surface area (Å²) in [5, 5.41) is 5.64. The van der Waals surface area contributed by atoms with Crippen LogP contribution in [0.25, 0.3) is 6.08 Å². The summed E-state index contributed by atoms with van der Waals surface area (Å²) in [6.07, 6.45) is 5.16. The fourth-order valence-electron chi connectivity index (χ4n) is 1.79. The molecule has 0 spiro atoms. The molecule has 2 N–H and O–H groups in total. The second-order valence-electron chi connectivity index (χ2n) is 4.66. The molecule has 20 heavy (non-hydrogen) atoms. The van der Waals surface area contributed by atoms with Crippen LogP contribution in [0.4, 0.5) is 5.69 Å². The summed E-state index contributed by atoms with van der Waals surface area (Å²) < 4.78 is 0. The van der Waals surface area contributed by atoms with Crippen LogP contribution in [0.5, 0.6) is 0 Å². The summed E-state index contributed by atoms with van der Waals surface area (Å²) in [5.41, 5.74) is 1.66. The van der Waals surface area contributed by atoms with Crippen molar-refractivity contribution in [1.29, 1.82) is 0 Å². The van der Waals surface area contributed by atoms with E-state index in [0.29, 0.717) is 0 Å². The van der Waals surface area contributed by atoms with Crippen LogP contribution in [0.15, 0.2) is 30.3 Å². The molecule has 2 amide bonds. The summed E-state index contributed by atoms with van der Waals surface area (Å²) in [5.74, 6) is -0.178. The quantitative estimate of drug-likeness (QED) is 0.783. The molecule has 0 saturated carbocycles. The van der Waals surface area contributed by atoms with E-state index in [4.69, 9.17) is 0 Å². The van der Waals surface area contributed by atoms with Gasteiger partial charge in [-0.05, 0) is 36.6 Å². The molecule has 0 unspecified atom stereocenters. The lowest BCUT2D eigenvalue weighted by atomic mass is 10.1. The second-order valence-corrected chi connectivity index (χ2v) is 4.66. The number of carbonyl (C=O) groups is 2. The highest BCUT2D eigenvalue weighted by Gasteiger charge is 2.04. The predicted octanol–water partition coefficient (Wildman–Crippen LogP) is 2.96. The topological polar surface area (TPSA) is 58.2 Å². The lowest BCUT2D eigenvalue weighted by Gasteiger charge is -2.12. The van der Waals surface area contributed by atoms with E-state index in [2.05, 4.69) is 24.5 Å². The molecule has 4 nitrogen and oxygen atoms in total. The van der Waals surface area contributed by atoms with Gasteiger partial charge < -0.3 is 10.6 Å². The van der Waals surface area contributed by atoms with Crippen molar-refractivity contribution in [2.75, 3.05) is 5.32 Å². The number of amides is 2. The van der Waals surface area contributed by atoms with Crippen molar-refractivity contribution in [1.82, 2.24) is 5.32 Å². The Morgan fingerprint density at radius 3 is 2.25 bits per heavy atom. The largest absolute Gasteiger partial charge is 0.350 e. The number of rotatable bonds is 6. The van der Waals surface area contributed by atoms with Crippen molar-refractivity contribution in [2.24, 2.45) is 0 Å². The molecule has 0 radical (unpaired) electrons. The minimum atomic E-state index is -0.0992. The Bertz CT molecular complexity index is 474. The van der Waals surface area contributed by atoms with Crippen molar-refractivity contribution in [3.8, 4) is 0 Å². The average molecular weight is 274 g/mol. The van der Waals surface area contributed by atoms with E-state index >= 15 is 0 Å². The second kappa shape index (κ2) is 8.15. The first-order chi connectivity index (χ1) is 9.55. The number of benzene rings is 1. The normalized spacial score (nSPS) is 10.8. The van der Waals surface area contributed by atoms with E-state index in [1.807, 2.05) is 12.1 Å². The lowest BCUT2D eigenvalue weighted by molar-refractivity contribution is -0.117. The Morgan fingerprint density at radius 2 is 1.75 bits per heavy atom. The van der Waals surface area contributed by atoms with Crippen LogP contribution in [0.2, 0.25) is 0 Å². The molecule has 0 aliphatic heterocycles. The summed E-state index contributed by atoms with van der Waals surface area (Å²) >= 11 is 0. The molecular formula is C16H22N2O2. The summed E-state index contributed by atoms with van der Waals surface area (Å²) in [6.45, 7) is 5.58. The minimum Gasteiger partial charge on any atom is -0.350 e. The highest BCUT2D eigenvalue weighted by atomic mass is 16.2. The van der Waals surface area contributed by atoms with Gasteiger partial charge in [0.05, 0.1) is 0 Å². The number of anilines is 1. The zero-order chi connectivity index (χ0) is 15.0. The van der Waals surface area contributed by atoms with E-state index in [0.717, 1.165) is 24.1 Å². The third kappa shape index (κ3) is 5.69. The molecule has 1 rings (SSSR count). The van der Waals surface area contributed by atoms with Gasteiger partial charge in [0, 0.05) is 24.7 Å². The van der Waals surface area contributed by atoms with Gasteiger partial charge in [-0.25, -0.2) is 0 Å². The Kier molecular flexibility index (Phi) is 6.50. The highest BCUT2D eigenvalue weighted by molar-refractivity contribution is 5.92. The van der Waals surface area contributed by atoms with Crippen LogP contribution in [0.1, 0.15) is 39.2 Å². The van der Waals surface area contributed by atoms with Crippen LogP contribution < -0.4 is 10.6 Å². The van der Waals surface area contributed by atoms with Crippen molar-refractivity contribution in [2.45, 2.75) is 39.7 Å². The monoisotopic (exact) mass is 274 g/mol. The van der Waals surface area contributed by atoms with Crippen molar-refractivity contribution in [3.05, 3.63) is 35.9 Å². The predicted molar refractivity (Wildman–Crippen MR) is 82.3 cm³/mol. The van der Waals surface area contributed by atoms with Gasteiger partial charge >= 0.3 is 0 Å². The maximum absolute atomic E-state index is 11.7. The molecule has 0 heterocycles. The maximum Gasteiger partial charge on any atom is 0.244 e. The molecule has 0 fully saturated rings. The van der Waals surface area contributed by atoms with Gasteiger partial charge in [-0.15, -0.1) is 0 Å². The molecule has 1 aromatic carbocycles. The lowest BCUT2D eigenvalue weighted by Crippen LogP contribution is -2.32. The molecule has 0 aliphatic carbocycles. The minimum absolute atomic E-state index is 0.0790. The summed E-state index contributed by atoms with van der Waals surface area (Å²) in [7, 11) is 0. The molecule has 1 aromatic rings. The fraction of sp³-hybridized carbons (Fsp3) is 0.375. The average Bonchev–Trinajstić information content (AvgIpc) is 2.43. The van der Waals surface area contributed by atoms with E-state index < -0.39 is 0 Å². The zero-order valence-electron chi connectivity index (χ0n) is 12.3. The van der Waals surface area contributed by atoms with Gasteiger partial charge in [-0.3, -0.25) is 9.59 Å². The van der Waals surface area contributed by atoms with E-state index in [-0.39, 0.29) is 17.9 Å². The number of nitrogens with one attached hydrogen (secondary N) is 2. The van der Waals surface area contributed by atoms with E-state index in [1.54, 1.807) is 18.2 Å². The third-order valence-corrected chi connectivity index (χ3v) is 2.99. The number of hydrogen-bond acceptors (Lipinski definition) is 2. The van der Waals surface area contributed by atoms with Crippen molar-refractivity contribution < 1.29 is 9.59 Å². The van der Waals surface area contributed by atoms with Gasteiger partial charge in [0.25, 0.3) is 0 Å². The van der Waals surface area contributed by atoms with Gasteiger partial charge in [-0.2, -0.15) is 0 Å². The summed E-state index contributed by atoms with van der Waals surface area (Å²) in [4.78, 5) is 22.6. The summed E-state index contributed by atoms with van der Waals surface area (Å²) in [6, 6.07) is 7.55. The Balaban J connectivity index is 2.57. The molecule has 0 aromatic heterocycles. The molecule has 0 aliphatic rings. The van der Waals surface area contributed by atoms with Crippen LogP contribution in [0.3, 0.4) is 0 Å². The molecule has 0 atom stereocenters. The van der Waals surface area contributed by atoms with Crippen molar-refractivity contribution in [3.63, 3.8) is 0 Å². The van der Waals surface area contributed by atoms with Gasteiger partial charge in [0.1, 0.15) is 0 Å². The van der Waals surface area contributed by atoms with E-state index in [1.165, 1.54) is 13.0 Å². The number of hydrogen-bond donors (Lipinski definition) is 2. The highest BCUT2D eigenvalue weighted by Crippen LogP contribution is 2.10. The van der Waals surface area contributed by atoms with Gasteiger partial charge in [0.2, 0.25) is 11.8 Å². The van der Waals surface area contributed by atoms with Crippen LogP contribution in [0, 0.1) is 0 Å². The molecule has 0 bridgehead atoms. The first-order valence-electron chi connectivity index (χ1n) is 6.91. The van der Waals surface area contributed by atoms with E-state index in [9.17, 15) is 9.59 Å². The molecular weight excluding hydrogens is 252 g/mol. The van der Waals surface area contributed by atoms with Gasteiger partial charge in [-0.1, -0.05) is 26.0 Å². The Morgan fingerprint density at radius 1 is 1.15 bits per heavy atom. The SMILES string of the molecule is CCC(CC)NC(=O)/C=C/c1ccc(NC(C)=O)cc1. The molecule has 0 saturated heterocycles. The smallest absolute Gasteiger partial charge is 0.244 e. The van der Waals surface area contributed by atoms with Gasteiger partial charge in [0.15, 0.2) is 0 Å². The van der Waals surface area contributed by atoms with Crippen molar-refractivity contribution >= 4 is 23.6 Å². The zero-order valence-corrected chi connectivity index (χ0v) is 12.3. The molecule has 108 valence electrons. The fourth-order valence-corrected chi connectivity index (χ4v) is 1.79. The van der Waals surface area contributed by atoms with Crippen LogP contribution >= 0.6 is 0 Å². The third-order valence-electron chi connectivity index (χ3n) is 2.99. The van der Waals surface area contributed by atoms with Crippen LogP contribution in [-0.2, 0) is 9.59 Å². The Labute approximate surface area is 120 Å². The number of carbonyl (C=O) groups excluding carboxylic acids is 2.